The molecule has 7 heteroatoms. The van der Waals surface area contributed by atoms with Gasteiger partial charge in [-0.1, -0.05) is 31.2 Å². The molecule has 1 aromatic carbocycles. The molecule has 7 nitrogen and oxygen atoms in total. The number of nitrogens with one attached hydrogen (secondary N) is 2. The van der Waals surface area contributed by atoms with Gasteiger partial charge in [-0.05, 0) is 31.4 Å². The van der Waals surface area contributed by atoms with Crippen LogP contribution in [0.4, 0.5) is 0 Å². The number of rotatable bonds is 7. The fourth-order valence-electron chi connectivity index (χ4n) is 4.13. The van der Waals surface area contributed by atoms with Crippen LogP contribution >= 0.6 is 0 Å². The highest BCUT2D eigenvalue weighted by atomic mass is 16.5. The minimum Gasteiger partial charge on any atom is -0.376 e. The van der Waals surface area contributed by atoms with E-state index in [1.807, 2.05) is 11.8 Å². The van der Waals surface area contributed by atoms with E-state index in [2.05, 4.69) is 53.6 Å². The Labute approximate surface area is 180 Å². The van der Waals surface area contributed by atoms with E-state index in [9.17, 15) is 4.79 Å². The fourth-order valence-corrected chi connectivity index (χ4v) is 4.13. The standard InChI is InChI=1S/C23H37N5O2/c1-4-22(29)28-10-9-21(17-28)26-23(24-5-2)25-14-19-7-6-8-20(13-19)16-27-11-12-30-18(3)15-27/h6-8,13,18,21H,4-5,9-12,14-17H2,1-3H3,(H2,24,25,26). The summed E-state index contributed by atoms with van der Waals surface area (Å²) in [5.74, 6) is 1.05. The molecule has 2 saturated heterocycles. The maximum atomic E-state index is 11.9. The van der Waals surface area contributed by atoms with Gasteiger partial charge in [0, 0.05) is 51.7 Å². The lowest BCUT2D eigenvalue weighted by Crippen LogP contribution is -2.45. The van der Waals surface area contributed by atoms with Crippen molar-refractivity contribution in [2.24, 2.45) is 4.99 Å². The van der Waals surface area contributed by atoms with Crippen molar-refractivity contribution >= 4 is 11.9 Å². The summed E-state index contributed by atoms with van der Waals surface area (Å²) in [6.45, 7) is 12.9. The summed E-state index contributed by atoms with van der Waals surface area (Å²) in [5.41, 5.74) is 2.53. The van der Waals surface area contributed by atoms with Crippen LogP contribution in [0.2, 0.25) is 0 Å². The maximum Gasteiger partial charge on any atom is 0.222 e. The predicted molar refractivity (Wildman–Crippen MR) is 120 cm³/mol. The van der Waals surface area contributed by atoms with Crippen LogP contribution in [0.25, 0.3) is 0 Å². The quantitative estimate of drug-likeness (QED) is 0.526. The molecule has 1 amide bonds. The molecule has 2 atom stereocenters. The number of amides is 1. The molecule has 0 bridgehead atoms. The van der Waals surface area contributed by atoms with Crippen LogP contribution in [0.5, 0.6) is 0 Å². The number of carbonyl (C=O) groups excluding carboxylic acids is 1. The van der Waals surface area contributed by atoms with Crippen molar-refractivity contribution in [1.29, 1.82) is 0 Å². The second-order valence-electron chi connectivity index (χ2n) is 8.25. The molecule has 2 aliphatic rings. The van der Waals surface area contributed by atoms with Gasteiger partial charge < -0.3 is 20.3 Å². The van der Waals surface area contributed by atoms with Crippen LogP contribution in [0.15, 0.2) is 29.3 Å². The first-order chi connectivity index (χ1) is 14.6. The Kier molecular flexibility index (Phi) is 8.51. The normalized spacial score (nSPS) is 22.9. The van der Waals surface area contributed by atoms with Crippen molar-refractivity contribution in [3.63, 3.8) is 0 Å². The molecule has 0 aliphatic carbocycles. The van der Waals surface area contributed by atoms with E-state index >= 15 is 0 Å². The number of hydrogen-bond acceptors (Lipinski definition) is 4. The van der Waals surface area contributed by atoms with Gasteiger partial charge in [-0.3, -0.25) is 9.69 Å². The van der Waals surface area contributed by atoms with Crippen LogP contribution in [-0.2, 0) is 22.6 Å². The Hall–Kier alpha value is -2.12. The van der Waals surface area contributed by atoms with Crippen molar-refractivity contribution < 1.29 is 9.53 Å². The van der Waals surface area contributed by atoms with Gasteiger partial charge in [0.15, 0.2) is 5.96 Å². The molecule has 2 aliphatic heterocycles. The number of likely N-dealkylation sites (tertiary alicyclic amines) is 1. The number of morpholine rings is 1. The minimum atomic E-state index is 0.229. The molecule has 2 N–H and O–H groups in total. The maximum absolute atomic E-state index is 11.9. The summed E-state index contributed by atoms with van der Waals surface area (Å²) in [6.07, 6.45) is 1.84. The number of benzene rings is 1. The van der Waals surface area contributed by atoms with Crippen LogP contribution in [0, 0.1) is 0 Å². The van der Waals surface area contributed by atoms with E-state index in [1.165, 1.54) is 11.1 Å². The Bertz CT molecular complexity index is 723. The Morgan fingerprint density at radius 3 is 2.83 bits per heavy atom. The minimum absolute atomic E-state index is 0.229. The number of guanidine groups is 1. The zero-order valence-corrected chi connectivity index (χ0v) is 18.7. The van der Waals surface area contributed by atoms with Crippen LogP contribution in [-0.4, -0.2) is 73.1 Å². The van der Waals surface area contributed by atoms with Gasteiger partial charge in [-0.2, -0.15) is 0 Å². The predicted octanol–water partition coefficient (Wildman–Crippen LogP) is 1.97. The number of carbonyl (C=O) groups is 1. The molecular weight excluding hydrogens is 378 g/mol. The lowest BCUT2D eigenvalue weighted by atomic mass is 10.1. The average molecular weight is 416 g/mol. The third-order valence-electron chi connectivity index (χ3n) is 5.67. The van der Waals surface area contributed by atoms with Crippen LogP contribution < -0.4 is 10.6 Å². The first kappa shape index (κ1) is 22.6. The number of aliphatic imine (C=N–C) groups is 1. The van der Waals surface area contributed by atoms with Gasteiger partial charge in [0.25, 0.3) is 0 Å². The van der Waals surface area contributed by atoms with Crippen molar-refractivity contribution in [2.75, 3.05) is 39.3 Å². The molecule has 0 saturated carbocycles. The van der Waals surface area contributed by atoms with Crippen LogP contribution in [0.1, 0.15) is 44.7 Å². The molecule has 2 fully saturated rings. The van der Waals surface area contributed by atoms with Crippen molar-refractivity contribution in [3.05, 3.63) is 35.4 Å². The van der Waals surface area contributed by atoms with E-state index in [-0.39, 0.29) is 11.9 Å². The average Bonchev–Trinajstić information content (AvgIpc) is 3.20. The topological polar surface area (TPSA) is 69.2 Å². The van der Waals surface area contributed by atoms with Gasteiger partial charge in [0.2, 0.25) is 5.91 Å². The van der Waals surface area contributed by atoms with Gasteiger partial charge in [0.1, 0.15) is 0 Å². The smallest absolute Gasteiger partial charge is 0.222 e. The van der Waals surface area contributed by atoms with Gasteiger partial charge >= 0.3 is 0 Å². The van der Waals surface area contributed by atoms with Crippen molar-refractivity contribution in [3.8, 4) is 0 Å². The Balaban J connectivity index is 1.56. The molecule has 0 aromatic heterocycles. The van der Waals surface area contributed by atoms with E-state index in [1.54, 1.807) is 0 Å². The Morgan fingerprint density at radius 2 is 2.07 bits per heavy atom. The fraction of sp³-hybridized carbons (Fsp3) is 0.652. The summed E-state index contributed by atoms with van der Waals surface area (Å²) in [7, 11) is 0. The van der Waals surface area contributed by atoms with E-state index < -0.39 is 0 Å². The molecular formula is C23H37N5O2. The number of nitrogens with zero attached hydrogens (tertiary/aromatic N) is 3. The van der Waals surface area contributed by atoms with E-state index in [4.69, 9.17) is 9.73 Å². The highest BCUT2D eigenvalue weighted by Crippen LogP contribution is 2.13. The largest absolute Gasteiger partial charge is 0.376 e. The number of ether oxygens (including phenoxy) is 1. The zero-order chi connectivity index (χ0) is 21.3. The molecule has 0 spiro atoms. The first-order valence-corrected chi connectivity index (χ1v) is 11.3. The highest BCUT2D eigenvalue weighted by molar-refractivity contribution is 5.80. The molecule has 30 heavy (non-hydrogen) atoms. The second kappa shape index (κ2) is 11.3. The number of hydrogen-bond donors (Lipinski definition) is 2. The lowest BCUT2D eigenvalue weighted by molar-refractivity contribution is -0.129. The van der Waals surface area contributed by atoms with E-state index in [0.29, 0.717) is 19.1 Å². The SMILES string of the molecule is CCNC(=NCc1cccc(CN2CCOC(C)C2)c1)NC1CCN(C(=O)CC)C1. The molecule has 166 valence electrons. The lowest BCUT2D eigenvalue weighted by Gasteiger charge is -2.31. The molecule has 3 rings (SSSR count). The summed E-state index contributed by atoms with van der Waals surface area (Å²) in [5, 5.41) is 6.84. The monoisotopic (exact) mass is 415 g/mol. The molecule has 2 heterocycles. The molecule has 1 aromatic rings. The van der Waals surface area contributed by atoms with Crippen LogP contribution in [0.3, 0.4) is 0 Å². The third-order valence-corrected chi connectivity index (χ3v) is 5.67. The summed E-state index contributed by atoms with van der Waals surface area (Å²) >= 11 is 0. The zero-order valence-electron chi connectivity index (χ0n) is 18.7. The summed E-state index contributed by atoms with van der Waals surface area (Å²) in [4.78, 5) is 21.1. The van der Waals surface area contributed by atoms with Gasteiger partial charge in [0.05, 0.1) is 19.3 Å². The first-order valence-electron chi connectivity index (χ1n) is 11.3. The molecule has 0 radical (unpaired) electrons. The van der Waals surface area contributed by atoms with Gasteiger partial charge in [-0.25, -0.2) is 4.99 Å². The molecule has 2 unspecified atom stereocenters. The summed E-state index contributed by atoms with van der Waals surface area (Å²) in [6, 6.07) is 8.96. The third kappa shape index (κ3) is 6.71. The van der Waals surface area contributed by atoms with Crippen molar-refractivity contribution in [2.45, 2.75) is 58.8 Å². The van der Waals surface area contributed by atoms with E-state index in [0.717, 1.165) is 58.3 Å². The van der Waals surface area contributed by atoms with Gasteiger partial charge in [-0.15, -0.1) is 0 Å². The Morgan fingerprint density at radius 1 is 1.23 bits per heavy atom. The summed E-state index contributed by atoms with van der Waals surface area (Å²) < 4.78 is 5.64. The second-order valence-corrected chi connectivity index (χ2v) is 8.25. The highest BCUT2D eigenvalue weighted by Gasteiger charge is 2.25. The van der Waals surface area contributed by atoms with Crippen molar-refractivity contribution in [1.82, 2.24) is 20.4 Å².